The van der Waals surface area contributed by atoms with Gasteiger partial charge in [-0.3, -0.25) is 0 Å². The van der Waals surface area contributed by atoms with Gasteiger partial charge in [0.05, 0.1) is 12.8 Å². The zero-order valence-corrected chi connectivity index (χ0v) is 12.9. The van der Waals surface area contributed by atoms with Crippen molar-refractivity contribution in [2.75, 3.05) is 6.54 Å². The molecule has 2 atom stereocenters. The summed E-state index contributed by atoms with van der Waals surface area (Å²) in [6.07, 6.45) is 1.46. The maximum absolute atomic E-state index is 11.8. The fraction of sp³-hybridized carbons (Fsp3) is 0.400. The van der Waals surface area contributed by atoms with Gasteiger partial charge in [-0.15, -0.1) is 11.3 Å². The van der Waals surface area contributed by atoms with Crippen molar-refractivity contribution in [3.63, 3.8) is 0 Å². The van der Waals surface area contributed by atoms with Gasteiger partial charge in [0, 0.05) is 22.2 Å². The number of hydrogen-bond donors (Lipinski definition) is 3. The average Bonchev–Trinajstić information content (AvgIpc) is 3.07. The first kappa shape index (κ1) is 15.6. The first-order chi connectivity index (χ1) is 10.0. The van der Waals surface area contributed by atoms with E-state index in [0.29, 0.717) is 5.76 Å². The van der Waals surface area contributed by atoms with E-state index in [1.807, 2.05) is 6.92 Å². The van der Waals surface area contributed by atoms with Crippen LogP contribution < -0.4 is 10.6 Å². The van der Waals surface area contributed by atoms with Crippen molar-refractivity contribution in [3.8, 4) is 0 Å². The number of rotatable bonds is 6. The molecular formula is C15H20N2O3S. The molecule has 0 aliphatic rings. The molecule has 0 bridgehead atoms. The van der Waals surface area contributed by atoms with E-state index in [1.54, 1.807) is 23.5 Å². The van der Waals surface area contributed by atoms with Gasteiger partial charge in [-0.1, -0.05) is 0 Å². The highest BCUT2D eigenvalue weighted by atomic mass is 32.1. The lowest BCUT2D eigenvalue weighted by molar-refractivity contribution is 0.147. The van der Waals surface area contributed by atoms with Gasteiger partial charge < -0.3 is 20.2 Å². The van der Waals surface area contributed by atoms with Gasteiger partial charge in [0.15, 0.2) is 0 Å². The molecule has 114 valence electrons. The summed E-state index contributed by atoms with van der Waals surface area (Å²) >= 11 is 1.74. The Hall–Kier alpha value is -1.79. The average molecular weight is 308 g/mol. The van der Waals surface area contributed by atoms with Crippen molar-refractivity contribution in [2.24, 2.45) is 0 Å². The van der Waals surface area contributed by atoms with Gasteiger partial charge in [0.1, 0.15) is 11.9 Å². The van der Waals surface area contributed by atoms with E-state index < -0.39 is 6.10 Å². The van der Waals surface area contributed by atoms with Crippen LogP contribution in [0.25, 0.3) is 0 Å². The van der Waals surface area contributed by atoms with Crippen LogP contribution in [-0.2, 0) is 6.42 Å². The van der Waals surface area contributed by atoms with Gasteiger partial charge in [-0.05, 0) is 38.1 Å². The number of urea groups is 1. The van der Waals surface area contributed by atoms with E-state index in [-0.39, 0.29) is 18.6 Å². The summed E-state index contributed by atoms with van der Waals surface area (Å²) in [4.78, 5) is 14.3. The SMILES string of the molecule is Cc1ccc(CC(C)NC(=O)NCC(O)c2ccco2)s1. The number of aliphatic hydroxyl groups is 1. The summed E-state index contributed by atoms with van der Waals surface area (Å²) in [6.45, 7) is 4.14. The van der Waals surface area contributed by atoms with E-state index in [9.17, 15) is 9.90 Å². The van der Waals surface area contributed by atoms with Gasteiger partial charge in [-0.2, -0.15) is 0 Å². The Morgan fingerprint density at radius 1 is 1.43 bits per heavy atom. The van der Waals surface area contributed by atoms with Crippen molar-refractivity contribution < 1.29 is 14.3 Å². The smallest absolute Gasteiger partial charge is 0.315 e. The third kappa shape index (κ3) is 4.91. The molecule has 2 rings (SSSR count). The van der Waals surface area contributed by atoms with Crippen LogP contribution in [-0.4, -0.2) is 23.7 Å². The largest absolute Gasteiger partial charge is 0.467 e. The van der Waals surface area contributed by atoms with E-state index in [1.165, 1.54) is 16.0 Å². The summed E-state index contributed by atoms with van der Waals surface area (Å²) in [5.74, 6) is 0.442. The third-order valence-corrected chi connectivity index (χ3v) is 4.03. The van der Waals surface area contributed by atoms with Crippen molar-refractivity contribution >= 4 is 17.4 Å². The maximum atomic E-state index is 11.8. The van der Waals surface area contributed by atoms with Crippen LogP contribution >= 0.6 is 11.3 Å². The zero-order chi connectivity index (χ0) is 15.2. The number of carbonyl (C=O) groups excluding carboxylic acids is 1. The molecule has 2 unspecified atom stereocenters. The van der Waals surface area contributed by atoms with Crippen LogP contribution in [0.5, 0.6) is 0 Å². The van der Waals surface area contributed by atoms with E-state index >= 15 is 0 Å². The van der Waals surface area contributed by atoms with Crippen molar-refractivity contribution in [1.29, 1.82) is 0 Å². The van der Waals surface area contributed by atoms with E-state index in [2.05, 4.69) is 29.7 Å². The molecule has 0 aromatic carbocycles. The number of hydrogen-bond acceptors (Lipinski definition) is 4. The highest BCUT2D eigenvalue weighted by Crippen LogP contribution is 2.16. The minimum atomic E-state index is -0.832. The Kier molecular flexibility index (Phi) is 5.41. The number of carbonyl (C=O) groups is 1. The second-order valence-corrected chi connectivity index (χ2v) is 6.38. The fourth-order valence-corrected chi connectivity index (χ4v) is 3.01. The lowest BCUT2D eigenvalue weighted by Crippen LogP contribution is -2.42. The molecule has 0 saturated heterocycles. The number of nitrogens with one attached hydrogen (secondary N) is 2. The number of aryl methyl sites for hydroxylation is 1. The lowest BCUT2D eigenvalue weighted by atomic mass is 10.2. The van der Waals surface area contributed by atoms with Gasteiger partial charge in [-0.25, -0.2) is 4.79 Å². The van der Waals surface area contributed by atoms with Crippen LogP contribution in [0.4, 0.5) is 4.79 Å². The molecule has 0 aliphatic carbocycles. The Bertz CT molecular complexity index is 565. The Morgan fingerprint density at radius 3 is 2.86 bits per heavy atom. The molecule has 6 heteroatoms. The summed E-state index contributed by atoms with van der Waals surface area (Å²) in [6, 6.07) is 7.27. The van der Waals surface area contributed by atoms with Gasteiger partial charge in [0.2, 0.25) is 0 Å². The fourth-order valence-electron chi connectivity index (χ4n) is 1.99. The number of amides is 2. The maximum Gasteiger partial charge on any atom is 0.315 e. The summed E-state index contributed by atoms with van der Waals surface area (Å²) in [5.41, 5.74) is 0. The molecule has 0 spiro atoms. The molecular weight excluding hydrogens is 288 g/mol. The lowest BCUT2D eigenvalue weighted by Gasteiger charge is -2.15. The monoisotopic (exact) mass is 308 g/mol. The van der Waals surface area contributed by atoms with Crippen molar-refractivity contribution in [1.82, 2.24) is 10.6 Å². The minimum Gasteiger partial charge on any atom is -0.467 e. The highest BCUT2D eigenvalue weighted by Gasteiger charge is 2.13. The molecule has 0 aliphatic heterocycles. The second-order valence-electron chi connectivity index (χ2n) is 5.00. The van der Waals surface area contributed by atoms with E-state index in [4.69, 9.17) is 4.42 Å². The normalized spacial score (nSPS) is 13.7. The molecule has 21 heavy (non-hydrogen) atoms. The molecule has 2 aromatic heterocycles. The van der Waals surface area contributed by atoms with Gasteiger partial charge >= 0.3 is 6.03 Å². The van der Waals surface area contributed by atoms with Crippen molar-refractivity contribution in [2.45, 2.75) is 32.4 Å². The molecule has 0 radical (unpaired) electrons. The molecule has 0 saturated carbocycles. The van der Waals surface area contributed by atoms with Crippen LogP contribution in [0.3, 0.4) is 0 Å². The van der Waals surface area contributed by atoms with Crippen LogP contribution in [0.15, 0.2) is 34.9 Å². The molecule has 2 amide bonds. The number of thiophene rings is 1. The van der Waals surface area contributed by atoms with Gasteiger partial charge in [0.25, 0.3) is 0 Å². The predicted octanol–water partition coefficient (Wildman–Crippen LogP) is 2.61. The van der Waals surface area contributed by atoms with Crippen LogP contribution in [0.2, 0.25) is 0 Å². The first-order valence-corrected chi connectivity index (χ1v) is 7.67. The molecule has 2 heterocycles. The van der Waals surface area contributed by atoms with E-state index in [0.717, 1.165) is 6.42 Å². The molecule has 0 fully saturated rings. The predicted molar refractivity (Wildman–Crippen MR) is 82.4 cm³/mol. The summed E-state index contributed by atoms with van der Waals surface area (Å²) < 4.78 is 5.07. The third-order valence-electron chi connectivity index (χ3n) is 3.01. The van der Waals surface area contributed by atoms with Crippen LogP contribution in [0.1, 0.15) is 28.5 Å². The second kappa shape index (κ2) is 7.28. The number of furan rings is 1. The molecule has 2 aromatic rings. The Labute approximate surface area is 128 Å². The summed E-state index contributed by atoms with van der Waals surface area (Å²) in [7, 11) is 0. The number of aliphatic hydroxyl groups excluding tert-OH is 1. The molecule has 3 N–H and O–H groups in total. The quantitative estimate of drug-likeness (QED) is 0.768. The van der Waals surface area contributed by atoms with Crippen molar-refractivity contribution in [3.05, 3.63) is 46.0 Å². The topological polar surface area (TPSA) is 74.5 Å². The highest BCUT2D eigenvalue weighted by molar-refractivity contribution is 7.11. The molecule has 5 nitrogen and oxygen atoms in total. The van der Waals surface area contributed by atoms with Crippen LogP contribution in [0, 0.1) is 6.92 Å². The Morgan fingerprint density at radius 2 is 2.24 bits per heavy atom. The first-order valence-electron chi connectivity index (χ1n) is 6.85. The minimum absolute atomic E-state index is 0.0313. The summed E-state index contributed by atoms with van der Waals surface area (Å²) in [5, 5.41) is 15.3. The standard InChI is InChI=1S/C15H20N2O3S/c1-10(8-12-6-5-11(2)21-12)17-15(19)16-9-13(18)14-4-3-7-20-14/h3-7,10,13,18H,8-9H2,1-2H3,(H2,16,17,19). The zero-order valence-electron chi connectivity index (χ0n) is 12.1. The Balaban J connectivity index is 1.71.